The molecule has 1 saturated heterocycles. The van der Waals surface area contributed by atoms with Crippen LogP contribution >= 0.6 is 11.6 Å². The van der Waals surface area contributed by atoms with Crippen LogP contribution in [0.4, 0.5) is 34.5 Å². The molecule has 11 heteroatoms. The first kappa shape index (κ1) is 24.2. The van der Waals surface area contributed by atoms with Crippen LogP contribution in [0.3, 0.4) is 0 Å². The summed E-state index contributed by atoms with van der Waals surface area (Å²) in [5.74, 6) is 2.08. The topological polar surface area (TPSA) is 118 Å². The molecule has 3 aromatic rings. The number of carbonyl (C=O) groups is 1. The molecule has 0 radical (unpaired) electrons. The Morgan fingerprint density at radius 3 is 2.43 bits per heavy atom. The maximum atomic E-state index is 11.6. The van der Waals surface area contributed by atoms with Crippen molar-refractivity contribution in [3.8, 4) is 11.5 Å². The molecule has 1 fully saturated rings. The number of amides is 1. The number of carbonyl (C=O) groups excluding carboxylic acids is 1. The van der Waals surface area contributed by atoms with Crippen LogP contribution in [0.5, 0.6) is 11.5 Å². The van der Waals surface area contributed by atoms with Crippen molar-refractivity contribution in [3.05, 3.63) is 47.6 Å². The number of nitrogens with zero attached hydrogens (tertiary/aromatic N) is 4. The molecule has 0 saturated carbocycles. The summed E-state index contributed by atoms with van der Waals surface area (Å²) in [6, 6.07) is 11.1. The SMILES string of the molecule is COc1ccc(N)cc1Nc1ncc(Cl)c(Nc2ccc(N3CCN(C(C)=O)CC3)cc2OC)n1. The molecule has 1 aromatic heterocycles. The molecule has 0 atom stereocenters. The average molecular weight is 498 g/mol. The molecule has 2 heterocycles. The normalized spacial score (nSPS) is 13.4. The van der Waals surface area contributed by atoms with Gasteiger partial charge in [0.25, 0.3) is 0 Å². The van der Waals surface area contributed by atoms with Crippen molar-refractivity contribution in [1.82, 2.24) is 14.9 Å². The zero-order chi connectivity index (χ0) is 24.9. The lowest BCUT2D eigenvalue weighted by atomic mass is 10.2. The predicted molar refractivity (Wildman–Crippen MR) is 138 cm³/mol. The number of nitrogens with one attached hydrogen (secondary N) is 2. The number of aromatic nitrogens is 2. The Bertz CT molecular complexity index is 1220. The van der Waals surface area contributed by atoms with Gasteiger partial charge in [-0.1, -0.05) is 11.6 Å². The highest BCUT2D eigenvalue weighted by molar-refractivity contribution is 6.33. The molecular weight excluding hydrogens is 470 g/mol. The number of methoxy groups -OCH3 is 2. The summed E-state index contributed by atoms with van der Waals surface area (Å²) in [6.45, 7) is 4.51. The molecule has 2 aromatic carbocycles. The third-order valence-electron chi connectivity index (χ3n) is 5.74. The minimum absolute atomic E-state index is 0.103. The van der Waals surface area contributed by atoms with Gasteiger partial charge in [-0.2, -0.15) is 4.98 Å². The largest absolute Gasteiger partial charge is 0.495 e. The first-order valence-corrected chi connectivity index (χ1v) is 11.4. The van der Waals surface area contributed by atoms with E-state index in [4.69, 9.17) is 26.8 Å². The van der Waals surface area contributed by atoms with Crippen LogP contribution in [-0.4, -0.2) is 61.2 Å². The van der Waals surface area contributed by atoms with Gasteiger partial charge in [0.2, 0.25) is 11.9 Å². The quantitative estimate of drug-likeness (QED) is 0.418. The third-order valence-corrected chi connectivity index (χ3v) is 6.02. The van der Waals surface area contributed by atoms with E-state index in [-0.39, 0.29) is 5.91 Å². The second kappa shape index (κ2) is 10.6. The Morgan fingerprint density at radius 2 is 1.74 bits per heavy atom. The van der Waals surface area contributed by atoms with Gasteiger partial charge in [-0.15, -0.1) is 0 Å². The minimum atomic E-state index is 0.103. The van der Waals surface area contributed by atoms with Gasteiger partial charge in [0.15, 0.2) is 5.82 Å². The fourth-order valence-electron chi connectivity index (χ4n) is 3.85. The number of nitrogen functional groups attached to an aromatic ring is 1. The number of benzene rings is 2. The molecule has 1 amide bonds. The maximum Gasteiger partial charge on any atom is 0.229 e. The number of nitrogens with two attached hydrogens (primary N) is 1. The van der Waals surface area contributed by atoms with Crippen LogP contribution in [0.1, 0.15) is 6.92 Å². The van der Waals surface area contributed by atoms with Gasteiger partial charge in [0, 0.05) is 50.5 Å². The summed E-state index contributed by atoms with van der Waals surface area (Å²) in [6.07, 6.45) is 1.51. The maximum absolute atomic E-state index is 11.6. The number of halogens is 1. The number of rotatable bonds is 7. The zero-order valence-corrected chi connectivity index (χ0v) is 20.6. The van der Waals surface area contributed by atoms with Crippen molar-refractivity contribution in [2.75, 3.05) is 61.7 Å². The summed E-state index contributed by atoms with van der Waals surface area (Å²) in [5.41, 5.74) is 8.83. The van der Waals surface area contributed by atoms with Crippen LogP contribution in [0.2, 0.25) is 5.02 Å². The Morgan fingerprint density at radius 1 is 1.00 bits per heavy atom. The van der Waals surface area contributed by atoms with Gasteiger partial charge in [-0.25, -0.2) is 4.98 Å². The molecule has 1 aliphatic rings. The average Bonchev–Trinajstić information content (AvgIpc) is 2.86. The van der Waals surface area contributed by atoms with E-state index in [2.05, 4.69) is 25.5 Å². The molecule has 10 nitrogen and oxygen atoms in total. The molecule has 0 bridgehead atoms. The smallest absolute Gasteiger partial charge is 0.229 e. The highest BCUT2D eigenvalue weighted by Gasteiger charge is 2.20. The number of anilines is 6. The summed E-state index contributed by atoms with van der Waals surface area (Å²) in [7, 11) is 3.18. The monoisotopic (exact) mass is 497 g/mol. The van der Waals surface area contributed by atoms with Gasteiger partial charge in [0.05, 0.1) is 31.8 Å². The zero-order valence-electron chi connectivity index (χ0n) is 19.8. The standard InChI is InChI=1S/C24H28ClN7O3/c1-15(33)31-8-10-32(11-9-31)17-5-6-19(22(13-17)35-3)28-23-18(25)14-27-24(30-23)29-20-12-16(26)4-7-21(20)34-2/h4-7,12-14H,8-11,26H2,1-3H3,(H2,27,28,29,30). The van der Waals surface area contributed by atoms with E-state index >= 15 is 0 Å². The lowest BCUT2D eigenvalue weighted by Gasteiger charge is -2.35. The first-order chi connectivity index (χ1) is 16.9. The minimum Gasteiger partial charge on any atom is -0.495 e. The highest BCUT2D eigenvalue weighted by Crippen LogP contribution is 2.35. The first-order valence-electron chi connectivity index (χ1n) is 11.1. The fraction of sp³-hybridized carbons (Fsp3) is 0.292. The lowest BCUT2D eigenvalue weighted by molar-refractivity contribution is -0.129. The van der Waals surface area contributed by atoms with Crippen molar-refractivity contribution >= 4 is 52.0 Å². The molecule has 0 unspecified atom stereocenters. The summed E-state index contributed by atoms with van der Waals surface area (Å²) in [4.78, 5) is 24.5. The Kier molecular flexibility index (Phi) is 7.31. The van der Waals surface area contributed by atoms with E-state index in [1.54, 1.807) is 39.3 Å². The van der Waals surface area contributed by atoms with Gasteiger partial charge >= 0.3 is 0 Å². The predicted octanol–water partition coefficient (Wildman–Crippen LogP) is 3.89. The summed E-state index contributed by atoms with van der Waals surface area (Å²) < 4.78 is 11.0. The number of hydrogen-bond donors (Lipinski definition) is 3. The molecular formula is C24H28ClN7O3. The van der Waals surface area contributed by atoms with E-state index in [1.807, 2.05) is 23.1 Å². The second-order valence-electron chi connectivity index (χ2n) is 7.98. The summed E-state index contributed by atoms with van der Waals surface area (Å²) in [5, 5.41) is 6.70. The van der Waals surface area contributed by atoms with E-state index < -0.39 is 0 Å². The van der Waals surface area contributed by atoms with E-state index in [1.165, 1.54) is 6.20 Å². The molecule has 0 spiro atoms. The van der Waals surface area contributed by atoms with Gasteiger partial charge < -0.3 is 35.6 Å². The number of piperazine rings is 1. The highest BCUT2D eigenvalue weighted by atomic mass is 35.5. The van der Waals surface area contributed by atoms with Crippen molar-refractivity contribution in [2.45, 2.75) is 6.92 Å². The van der Waals surface area contributed by atoms with Crippen LogP contribution in [0.15, 0.2) is 42.6 Å². The van der Waals surface area contributed by atoms with Crippen molar-refractivity contribution in [1.29, 1.82) is 0 Å². The van der Waals surface area contributed by atoms with Gasteiger partial charge in [-0.05, 0) is 30.3 Å². The molecule has 35 heavy (non-hydrogen) atoms. The van der Waals surface area contributed by atoms with Crippen molar-refractivity contribution in [3.63, 3.8) is 0 Å². The lowest BCUT2D eigenvalue weighted by Crippen LogP contribution is -2.48. The van der Waals surface area contributed by atoms with Crippen molar-refractivity contribution in [2.24, 2.45) is 0 Å². The van der Waals surface area contributed by atoms with Crippen molar-refractivity contribution < 1.29 is 14.3 Å². The van der Waals surface area contributed by atoms with Crippen LogP contribution < -0.4 is 30.7 Å². The Labute approximate surface area is 209 Å². The Hall–Kier alpha value is -3.92. The number of hydrogen-bond acceptors (Lipinski definition) is 9. The van der Waals surface area contributed by atoms with Crippen LogP contribution in [0, 0.1) is 0 Å². The molecule has 184 valence electrons. The molecule has 0 aliphatic carbocycles. The summed E-state index contributed by atoms with van der Waals surface area (Å²) >= 11 is 6.38. The van der Waals surface area contributed by atoms with E-state index in [0.29, 0.717) is 58.4 Å². The third kappa shape index (κ3) is 5.60. The second-order valence-corrected chi connectivity index (χ2v) is 8.38. The fourth-order valence-corrected chi connectivity index (χ4v) is 3.98. The number of ether oxygens (including phenoxy) is 2. The van der Waals surface area contributed by atoms with E-state index in [0.717, 1.165) is 18.8 Å². The van der Waals surface area contributed by atoms with Gasteiger partial charge in [0.1, 0.15) is 16.5 Å². The molecule has 4 N–H and O–H groups in total. The van der Waals surface area contributed by atoms with Crippen LogP contribution in [-0.2, 0) is 4.79 Å². The molecule has 4 rings (SSSR count). The molecule has 1 aliphatic heterocycles. The van der Waals surface area contributed by atoms with Gasteiger partial charge in [-0.3, -0.25) is 4.79 Å². The Balaban J connectivity index is 1.53. The van der Waals surface area contributed by atoms with Crippen LogP contribution in [0.25, 0.3) is 0 Å². The van der Waals surface area contributed by atoms with E-state index in [9.17, 15) is 4.79 Å².